The number of ether oxygens (including phenoxy) is 1. The van der Waals surface area contributed by atoms with Crippen LogP contribution in [0.1, 0.15) is 56.4 Å². The van der Waals surface area contributed by atoms with Crippen molar-refractivity contribution in [1.29, 1.82) is 0 Å². The average Bonchev–Trinajstić information content (AvgIpc) is 3.41. The zero-order valence-corrected chi connectivity index (χ0v) is 20.6. The molecule has 1 aliphatic rings. The highest BCUT2D eigenvalue weighted by atomic mass is 32.2. The normalized spacial score (nSPS) is 13.7. The number of Topliss-reactive ketones (excluding diaryl/α,β-unsaturated/α-hetero) is 1. The Morgan fingerprint density at radius 2 is 1.86 bits per heavy atom. The van der Waals surface area contributed by atoms with Crippen LogP contribution in [0.25, 0.3) is 0 Å². The third-order valence-corrected chi connectivity index (χ3v) is 7.52. The van der Waals surface area contributed by atoms with Crippen molar-refractivity contribution < 1.29 is 14.3 Å². The summed E-state index contributed by atoms with van der Waals surface area (Å²) in [7, 11) is 0. The topological polar surface area (TPSA) is 87.2 Å². The van der Waals surface area contributed by atoms with Gasteiger partial charge in [-0.1, -0.05) is 42.5 Å². The SMILES string of the molecule is NC(=O)c1ccccc1SCc1c(O[C@H](Cn2ccnc2)c2ccccc2)ccc2c1CCCC2=O. The molecule has 0 radical (unpaired) electrons. The van der Waals surface area contributed by atoms with Gasteiger partial charge in [0.05, 0.1) is 18.4 Å². The van der Waals surface area contributed by atoms with Crippen molar-refractivity contribution in [3.05, 3.63) is 113 Å². The molecule has 1 atom stereocenters. The van der Waals surface area contributed by atoms with Crippen molar-refractivity contribution >= 4 is 23.5 Å². The Bertz CT molecular complexity index is 1370. The number of primary amides is 1. The van der Waals surface area contributed by atoms with Gasteiger partial charge < -0.3 is 15.0 Å². The molecule has 0 aliphatic heterocycles. The standard InChI is InChI=1S/C29H27N3O3S/c30-29(34)23-9-4-5-12-28(23)36-18-24-21-10-6-11-25(33)22(21)13-14-26(24)35-27(17-32-16-15-31-19-32)20-7-2-1-3-8-20/h1-5,7-9,12-16,19,27H,6,10-11,17-18H2,(H2,30,34)/t27-/m1/s1. The van der Waals surface area contributed by atoms with E-state index in [1.807, 2.05) is 59.3 Å². The minimum atomic E-state index is -0.454. The molecule has 2 N–H and O–H groups in total. The molecule has 7 heteroatoms. The summed E-state index contributed by atoms with van der Waals surface area (Å²) in [5.74, 6) is 1.03. The lowest BCUT2D eigenvalue weighted by Crippen LogP contribution is -2.18. The summed E-state index contributed by atoms with van der Waals surface area (Å²) in [5, 5.41) is 0. The number of ketones is 1. The van der Waals surface area contributed by atoms with Gasteiger partial charge in [0.1, 0.15) is 11.9 Å². The first-order valence-corrected chi connectivity index (χ1v) is 13.0. The van der Waals surface area contributed by atoms with E-state index in [0.717, 1.165) is 45.7 Å². The second-order valence-corrected chi connectivity index (χ2v) is 9.79. The van der Waals surface area contributed by atoms with Crippen LogP contribution in [0.15, 0.2) is 90.3 Å². The van der Waals surface area contributed by atoms with Crippen LogP contribution in [0.5, 0.6) is 5.75 Å². The molecule has 36 heavy (non-hydrogen) atoms. The number of imidazole rings is 1. The van der Waals surface area contributed by atoms with Gasteiger partial charge in [0.15, 0.2) is 5.78 Å². The molecule has 182 valence electrons. The Kier molecular flexibility index (Phi) is 7.18. The monoisotopic (exact) mass is 497 g/mol. The molecule has 5 rings (SSSR count). The van der Waals surface area contributed by atoms with E-state index >= 15 is 0 Å². The number of aromatic nitrogens is 2. The first-order chi connectivity index (χ1) is 17.6. The van der Waals surface area contributed by atoms with E-state index < -0.39 is 5.91 Å². The Balaban J connectivity index is 1.52. The maximum absolute atomic E-state index is 12.7. The molecule has 0 saturated heterocycles. The van der Waals surface area contributed by atoms with Gasteiger partial charge in [0, 0.05) is 40.6 Å². The Morgan fingerprint density at radius 1 is 1.06 bits per heavy atom. The van der Waals surface area contributed by atoms with Gasteiger partial charge in [-0.05, 0) is 48.2 Å². The lowest BCUT2D eigenvalue weighted by molar-refractivity contribution is 0.0969. The third kappa shape index (κ3) is 5.21. The number of nitrogens with zero attached hydrogens (tertiary/aromatic N) is 2. The van der Waals surface area contributed by atoms with Crippen LogP contribution in [0.4, 0.5) is 0 Å². The van der Waals surface area contributed by atoms with E-state index in [1.165, 1.54) is 11.8 Å². The first-order valence-electron chi connectivity index (χ1n) is 12.0. The molecule has 1 aromatic heterocycles. The van der Waals surface area contributed by atoms with Crippen molar-refractivity contribution in [1.82, 2.24) is 9.55 Å². The molecule has 3 aromatic carbocycles. The predicted molar refractivity (Wildman–Crippen MR) is 140 cm³/mol. The van der Waals surface area contributed by atoms with Crippen molar-refractivity contribution in [2.45, 2.75) is 42.6 Å². The van der Waals surface area contributed by atoms with Gasteiger partial charge in [-0.3, -0.25) is 9.59 Å². The summed E-state index contributed by atoms with van der Waals surface area (Å²) in [6.45, 7) is 0.594. The van der Waals surface area contributed by atoms with Gasteiger partial charge in [0.2, 0.25) is 5.91 Å². The van der Waals surface area contributed by atoms with Crippen LogP contribution in [-0.2, 0) is 18.7 Å². The number of benzene rings is 3. The summed E-state index contributed by atoms with van der Waals surface area (Å²) in [4.78, 5) is 29.7. The highest BCUT2D eigenvalue weighted by molar-refractivity contribution is 7.98. The molecule has 0 spiro atoms. The van der Waals surface area contributed by atoms with Crippen molar-refractivity contribution in [2.75, 3.05) is 0 Å². The molecular weight excluding hydrogens is 470 g/mol. The van der Waals surface area contributed by atoms with E-state index in [4.69, 9.17) is 10.5 Å². The Labute approximate surface area is 214 Å². The number of carbonyl (C=O) groups is 2. The molecule has 4 aromatic rings. The van der Waals surface area contributed by atoms with E-state index in [1.54, 1.807) is 18.6 Å². The Hall–Kier alpha value is -3.84. The highest BCUT2D eigenvalue weighted by Crippen LogP contribution is 2.38. The number of amides is 1. The van der Waals surface area contributed by atoms with Crippen molar-refractivity contribution in [3.8, 4) is 5.75 Å². The van der Waals surface area contributed by atoms with E-state index in [0.29, 0.717) is 24.3 Å². The summed E-state index contributed by atoms with van der Waals surface area (Å²) in [6, 6.07) is 21.3. The van der Waals surface area contributed by atoms with Crippen LogP contribution < -0.4 is 10.5 Å². The minimum absolute atomic E-state index is 0.171. The minimum Gasteiger partial charge on any atom is -0.484 e. The van der Waals surface area contributed by atoms with Crippen LogP contribution >= 0.6 is 11.8 Å². The molecular formula is C29H27N3O3S. The van der Waals surface area contributed by atoms with E-state index in [-0.39, 0.29) is 11.9 Å². The number of thioether (sulfide) groups is 1. The molecule has 1 heterocycles. The summed E-state index contributed by atoms with van der Waals surface area (Å²) in [5.41, 5.74) is 9.97. The summed E-state index contributed by atoms with van der Waals surface area (Å²) < 4.78 is 8.70. The second-order valence-electron chi connectivity index (χ2n) is 8.77. The number of hydrogen-bond acceptors (Lipinski definition) is 5. The van der Waals surface area contributed by atoms with Gasteiger partial charge >= 0.3 is 0 Å². The molecule has 1 aliphatic carbocycles. The predicted octanol–water partition coefficient (Wildman–Crippen LogP) is 5.61. The number of nitrogens with two attached hydrogens (primary N) is 1. The molecule has 0 bridgehead atoms. The second kappa shape index (κ2) is 10.8. The van der Waals surface area contributed by atoms with Crippen molar-refractivity contribution in [3.63, 3.8) is 0 Å². The van der Waals surface area contributed by atoms with E-state index in [9.17, 15) is 9.59 Å². The van der Waals surface area contributed by atoms with Gasteiger partial charge in [-0.2, -0.15) is 0 Å². The number of carbonyl (C=O) groups excluding carboxylic acids is 2. The highest BCUT2D eigenvalue weighted by Gasteiger charge is 2.25. The third-order valence-electron chi connectivity index (χ3n) is 6.42. The largest absolute Gasteiger partial charge is 0.484 e. The van der Waals surface area contributed by atoms with Crippen LogP contribution in [-0.4, -0.2) is 21.2 Å². The smallest absolute Gasteiger partial charge is 0.249 e. The zero-order chi connectivity index (χ0) is 24.9. The zero-order valence-electron chi connectivity index (χ0n) is 19.8. The maximum Gasteiger partial charge on any atom is 0.249 e. The Morgan fingerprint density at radius 3 is 2.64 bits per heavy atom. The van der Waals surface area contributed by atoms with Crippen LogP contribution in [0.2, 0.25) is 0 Å². The fraction of sp³-hybridized carbons (Fsp3) is 0.207. The fourth-order valence-corrected chi connectivity index (χ4v) is 5.73. The molecule has 0 fully saturated rings. The molecule has 0 saturated carbocycles. The van der Waals surface area contributed by atoms with Crippen LogP contribution in [0.3, 0.4) is 0 Å². The fourth-order valence-electron chi connectivity index (χ4n) is 4.61. The van der Waals surface area contributed by atoms with Gasteiger partial charge in [0.25, 0.3) is 0 Å². The molecule has 0 unspecified atom stereocenters. The summed E-state index contributed by atoms with van der Waals surface area (Å²) >= 11 is 1.54. The molecule has 1 amide bonds. The maximum atomic E-state index is 12.7. The van der Waals surface area contributed by atoms with E-state index in [2.05, 4.69) is 17.1 Å². The van der Waals surface area contributed by atoms with Gasteiger partial charge in [-0.15, -0.1) is 11.8 Å². The van der Waals surface area contributed by atoms with Gasteiger partial charge in [-0.25, -0.2) is 4.98 Å². The lowest BCUT2D eigenvalue weighted by atomic mass is 9.87. The average molecular weight is 498 g/mol. The lowest BCUT2D eigenvalue weighted by Gasteiger charge is -2.26. The number of hydrogen-bond donors (Lipinski definition) is 1. The first kappa shape index (κ1) is 23.9. The molecule has 6 nitrogen and oxygen atoms in total. The van der Waals surface area contributed by atoms with Crippen LogP contribution in [0, 0.1) is 0 Å². The number of rotatable bonds is 9. The number of fused-ring (bicyclic) bond motifs is 1. The quantitative estimate of drug-likeness (QED) is 0.304. The van der Waals surface area contributed by atoms with Crippen molar-refractivity contribution in [2.24, 2.45) is 5.73 Å². The summed E-state index contributed by atoms with van der Waals surface area (Å²) in [6.07, 6.45) is 7.41.